The molecule has 0 radical (unpaired) electrons. The first-order valence-electron chi connectivity index (χ1n) is 5.43. The predicted molar refractivity (Wildman–Crippen MR) is 65.5 cm³/mol. The zero-order chi connectivity index (χ0) is 14.7. The summed E-state index contributed by atoms with van der Waals surface area (Å²) >= 11 is 0. The van der Waals surface area contributed by atoms with Crippen molar-refractivity contribution in [3.05, 3.63) is 29.6 Å². The third-order valence-electron chi connectivity index (χ3n) is 2.26. The Morgan fingerprint density at radius 2 is 1.75 bits per heavy atom. The Balaban J connectivity index is 2.39. The van der Waals surface area contributed by atoms with Crippen molar-refractivity contribution in [1.29, 1.82) is 0 Å². The molecule has 2 aromatic rings. The molecule has 1 aromatic carbocycles. The van der Waals surface area contributed by atoms with E-state index in [0.29, 0.717) is 6.07 Å². The lowest BCUT2D eigenvalue weighted by molar-refractivity contribution is 0.379. The maximum atomic E-state index is 13.5. The molecule has 0 saturated heterocycles. The lowest BCUT2D eigenvalue weighted by Gasteiger charge is -2.09. The number of halogens is 3. The zero-order valence-electron chi connectivity index (χ0n) is 10.5. The molecule has 2 rings (SSSR count). The molecule has 2 N–H and O–H groups in total. The standard InChI is InChI=1S/C11H10F3N5O/c1-15-9-17-10(19-11(18-9)20-2)16-7-4-5(12)3-6(13)8(7)14/h3-4H,1-2H3,(H2,15,16,17,18,19). The number of nitrogens with zero attached hydrogens (tertiary/aromatic N) is 3. The summed E-state index contributed by atoms with van der Waals surface area (Å²) in [6.45, 7) is 0. The van der Waals surface area contributed by atoms with Crippen LogP contribution in [0.3, 0.4) is 0 Å². The van der Waals surface area contributed by atoms with Gasteiger partial charge in [0.1, 0.15) is 5.82 Å². The molecule has 0 aliphatic heterocycles. The summed E-state index contributed by atoms with van der Waals surface area (Å²) in [6, 6.07) is 1.19. The van der Waals surface area contributed by atoms with Crippen LogP contribution in [0.1, 0.15) is 0 Å². The van der Waals surface area contributed by atoms with Gasteiger partial charge in [-0.25, -0.2) is 13.2 Å². The van der Waals surface area contributed by atoms with Crippen LogP contribution >= 0.6 is 0 Å². The Labute approximate surface area is 112 Å². The molecule has 0 bridgehead atoms. The van der Waals surface area contributed by atoms with E-state index in [1.54, 1.807) is 7.05 Å². The number of hydrogen-bond donors (Lipinski definition) is 2. The highest BCUT2D eigenvalue weighted by atomic mass is 19.2. The Morgan fingerprint density at radius 1 is 1.05 bits per heavy atom. The molecular formula is C11H10F3N5O. The highest BCUT2D eigenvalue weighted by Gasteiger charge is 2.13. The highest BCUT2D eigenvalue weighted by Crippen LogP contribution is 2.22. The van der Waals surface area contributed by atoms with Crippen molar-refractivity contribution in [2.75, 3.05) is 24.8 Å². The van der Waals surface area contributed by atoms with Gasteiger partial charge in [0.05, 0.1) is 12.8 Å². The molecule has 0 unspecified atom stereocenters. The maximum absolute atomic E-state index is 13.5. The van der Waals surface area contributed by atoms with Gasteiger partial charge in [-0.3, -0.25) is 0 Å². The third-order valence-corrected chi connectivity index (χ3v) is 2.26. The summed E-state index contributed by atoms with van der Waals surface area (Å²) in [5, 5.41) is 5.01. The van der Waals surface area contributed by atoms with Gasteiger partial charge in [-0.05, 0) is 0 Å². The Hall–Kier alpha value is -2.58. The first kappa shape index (κ1) is 13.8. The van der Waals surface area contributed by atoms with Crippen LogP contribution in [-0.4, -0.2) is 29.1 Å². The van der Waals surface area contributed by atoms with E-state index in [9.17, 15) is 13.2 Å². The molecule has 6 nitrogen and oxygen atoms in total. The fraction of sp³-hybridized carbons (Fsp3) is 0.182. The number of benzene rings is 1. The minimum atomic E-state index is -1.32. The van der Waals surface area contributed by atoms with Crippen molar-refractivity contribution in [3.8, 4) is 6.01 Å². The number of hydrogen-bond acceptors (Lipinski definition) is 6. The summed E-state index contributed by atoms with van der Waals surface area (Å²) in [6.07, 6.45) is 0. The second-order valence-corrected chi connectivity index (χ2v) is 3.59. The molecule has 0 atom stereocenters. The largest absolute Gasteiger partial charge is 0.467 e. The van der Waals surface area contributed by atoms with Crippen LogP contribution in [0, 0.1) is 17.5 Å². The fourth-order valence-corrected chi connectivity index (χ4v) is 1.38. The Bertz CT molecular complexity index is 615. The molecular weight excluding hydrogens is 275 g/mol. The van der Waals surface area contributed by atoms with Gasteiger partial charge < -0.3 is 15.4 Å². The van der Waals surface area contributed by atoms with E-state index in [1.165, 1.54) is 7.11 Å². The Kier molecular flexibility index (Phi) is 3.87. The molecule has 106 valence electrons. The number of methoxy groups -OCH3 is 1. The van der Waals surface area contributed by atoms with Gasteiger partial charge in [-0.1, -0.05) is 0 Å². The second kappa shape index (κ2) is 5.59. The van der Waals surface area contributed by atoms with Crippen molar-refractivity contribution in [2.45, 2.75) is 0 Å². The van der Waals surface area contributed by atoms with Gasteiger partial charge in [0, 0.05) is 19.2 Å². The van der Waals surface area contributed by atoms with Crippen LogP contribution in [0.15, 0.2) is 12.1 Å². The van der Waals surface area contributed by atoms with E-state index in [0.717, 1.165) is 6.07 Å². The summed E-state index contributed by atoms with van der Waals surface area (Å²) in [5.74, 6) is -3.46. The molecule has 9 heteroatoms. The van der Waals surface area contributed by atoms with Gasteiger partial charge in [0.25, 0.3) is 0 Å². The van der Waals surface area contributed by atoms with Crippen LogP contribution < -0.4 is 15.4 Å². The SMILES string of the molecule is CNc1nc(Nc2cc(F)cc(F)c2F)nc(OC)n1. The first-order chi connectivity index (χ1) is 9.53. The predicted octanol–water partition coefficient (Wildman–Crippen LogP) is 2.08. The van der Waals surface area contributed by atoms with E-state index < -0.39 is 23.1 Å². The first-order valence-corrected chi connectivity index (χ1v) is 5.43. The fourth-order valence-electron chi connectivity index (χ4n) is 1.38. The summed E-state index contributed by atoms with van der Waals surface area (Å²) < 4.78 is 44.5. The monoisotopic (exact) mass is 285 g/mol. The quantitative estimate of drug-likeness (QED) is 0.838. The third kappa shape index (κ3) is 2.87. The van der Waals surface area contributed by atoms with Crippen LogP contribution in [-0.2, 0) is 0 Å². The van der Waals surface area contributed by atoms with Gasteiger partial charge in [-0.2, -0.15) is 15.0 Å². The average Bonchev–Trinajstić information content (AvgIpc) is 2.43. The molecule has 0 fully saturated rings. The molecule has 0 amide bonds. The van der Waals surface area contributed by atoms with Crippen molar-refractivity contribution in [3.63, 3.8) is 0 Å². The van der Waals surface area contributed by atoms with E-state index in [2.05, 4.69) is 25.6 Å². The van der Waals surface area contributed by atoms with Crippen molar-refractivity contribution < 1.29 is 17.9 Å². The van der Waals surface area contributed by atoms with Crippen LogP contribution in [0.4, 0.5) is 30.8 Å². The number of anilines is 3. The summed E-state index contributed by atoms with van der Waals surface area (Å²) in [5.41, 5.74) is -0.433. The minimum Gasteiger partial charge on any atom is -0.467 e. The Morgan fingerprint density at radius 3 is 2.40 bits per heavy atom. The van der Waals surface area contributed by atoms with Gasteiger partial charge in [-0.15, -0.1) is 0 Å². The molecule has 0 aliphatic carbocycles. The van der Waals surface area contributed by atoms with E-state index >= 15 is 0 Å². The maximum Gasteiger partial charge on any atom is 0.322 e. The lowest BCUT2D eigenvalue weighted by Crippen LogP contribution is -2.07. The van der Waals surface area contributed by atoms with Gasteiger partial charge in [0.2, 0.25) is 11.9 Å². The van der Waals surface area contributed by atoms with E-state index in [4.69, 9.17) is 4.74 Å². The molecule has 0 aliphatic rings. The number of aromatic nitrogens is 3. The zero-order valence-corrected chi connectivity index (χ0v) is 10.5. The summed E-state index contributed by atoms with van der Waals surface area (Å²) in [4.78, 5) is 11.5. The van der Waals surface area contributed by atoms with Crippen molar-refractivity contribution >= 4 is 17.6 Å². The number of ether oxygens (including phenoxy) is 1. The highest BCUT2D eigenvalue weighted by molar-refractivity contribution is 5.55. The molecule has 0 spiro atoms. The smallest absolute Gasteiger partial charge is 0.322 e. The molecule has 0 saturated carbocycles. The van der Waals surface area contributed by atoms with E-state index in [-0.39, 0.29) is 17.9 Å². The number of rotatable bonds is 4. The lowest BCUT2D eigenvalue weighted by atomic mass is 10.3. The number of nitrogens with one attached hydrogen (secondary N) is 2. The van der Waals surface area contributed by atoms with Crippen molar-refractivity contribution in [1.82, 2.24) is 15.0 Å². The molecule has 20 heavy (non-hydrogen) atoms. The van der Waals surface area contributed by atoms with Gasteiger partial charge in [0.15, 0.2) is 11.6 Å². The van der Waals surface area contributed by atoms with Crippen LogP contribution in [0.5, 0.6) is 6.01 Å². The normalized spacial score (nSPS) is 10.2. The van der Waals surface area contributed by atoms with E-state index in [1.807, 2.05) is 0 Å². The summed E-state index contributed by atoms with van der Waals surface area (Å²) in [7, 11) is 2.89. The minimum absolute atomic E-state index is 0.0378. The van der Waals surface area contributed by atoms with Crippen LogP contribution in [0.25, 0.3) is 0 Å². The molecule has 1 heterocycles. The van der Waals surface area contributed by atoms with Crippen molar-refractivity contribution in [2.24, 2.45) is 0 Å². The topological polar surface area (TPSA) is 72.0 Å². The van der Waals surface area contributed by atoms with Crippen LogP contribution in [0.2, 0.25) is 0 Å². The second-order valence-electron chi connectivity index (χ2n) is 3.59. The molecule has 1 aromatic heterocycles. The average molecular weight is 285 g/mol. The van der Waals surface area contributed by atoms with Gasteiger partial charge >= 0.3 is 6.01 Å².